The van der Waals surface area contributed by atoms with E-state index in [1.807, 2.05) is 12.1 Å². The highest BCUT2D eigenvalue weighted by atomic mass is 16.4. The first-order chi connectivity index (χ1) is 9.19. The first-order valence-corrected chi connectivity index (χ1v) is 7.03. The monoisotopic (exact) mass is 259 g/mol. The van der Waals surface area contributed by atoms with Crippen molar-refractivity contribution in [3.8, 4) is 0 Å². The smallest absolute Gasteiger partial charge is 0.336 e. The summed E-state index contributed by atoms with van der Waals surface area (Å²) in [4.78, 5) is 11.4. The van der Waals surface area contributed by atoms with Gasteiger partial charge < -0.3 is 9.67 Å². The second kappa shape index (κ2) is 5.91. The number of fused-ring (bicyclic) bond motifs is 1. The average Bonchev–Trinajstić information content (AvgIpc) is 2.75. The second-order valence-electron chi connectivity index (χ2n) is 4.96. The molecule has 2 aromatic rings. The van der Waals surface area contributed by atoms with Crippen molar-refractivity contribution in [1.29, 1.82) is 0 Å². The molecule has 0 saturated carbocycles. The summed E-state index contributed by atoms with van der Waals surface area (Å²) < 4.78 is 2.20. The fraction of sp³-hybridized carbons (Fsp3) is 0.438. The summed E-state index contributed by atoms with van der Waals surface area (Å²) in [5.41, 5.74) is 2.64. The van der Waals surface area contributed by atoms with Crippen molar-refractivity contribution in [1.82, 2.24) is 4.57 Å². The van der Waals surface area contributed by atoms with Gasteiger partial charge in [-0.2, -0.15) is 0 Å². The predicted molar refractivity (Wildman–Crippen MR) is 77.8 cm³/mol. The molecule has 1 N–H and O–H groups in total. The molecule has 1 aromatic carbocycles. The highest BCUT2D eigenvalue weighted by molar-refractivity contribution is 6.04. The Morgan fingerprint density at radius 1 is 1.26 bits per heavy atom. The van der Waals surface area contributed by atoms with E-state index in [0.29, 0.717) is 5.56 Å². The number of hydrogen-bond acceptors (Lipinski definition) is 1. The lowest BCUT2D eigenvalue weighted by Gasteiger charge is -2.04. The Hall–Kier alpha value is -1.77. The molecule has 102 valence electrons. The minimum atomic E-state index is -0.837. The van der Waals surface area contributed by atoms with Gasteiger partial charge in [0.15, 0.2) is 0 Å². The number of carbonyl (C=O) groups is 1. The summed E-state index contributed by atoms with van der Waals surface area (Å²) in [6.07, 6.45) is 6.35. The molecule has 2 rings (SSSR count). The first kappa shape index (κ1) is 13.7. The van der Waals surface area contributed by atoms with Crippen molar-refractivity contribution in [2.45, 2.75) is 46.1 Å². The molecule has 0 bridgehead atoms. The van der Waals surface area contributed by atoms with Gasteiger partial charge in [0.25, 0.3) is 0 Å². The SMILES string of the molecule is CCCCn1cc(CCC)c2c(C(=O)O)cccc21. The van der Waals surface area contributed by atoms with Crippen LogP contribution in [0.25, 0.3) is 10.9 Å². The van der Waals surface area contributed by atoms with Crippen LogP contribution in [0.2, 0.25) is 0 Å². The second-order valence-corrected chi connectivity index (χ2v) is 4.96. The topological polar surface area (TPSA) is 42.2 Å². The van der Waals surface area contributed by atoms with Crippen molar-refractivity contribution in [3.63, 3.8) is 0 Å². The summed E-state index contributed by atoms with van der Waals surface area (Å²) in [7, 11) is 0. The summed E-state index contributed by atoms with van der Waals surface area (Å²) >= 11 is 0. The fourth-order valence-corrected chi connectivity index (χ4v) is 2.59. The molecule has 0 aliphatic heterocycles. The largest absolute Gasteiger partial charge is 0.478 e. The Morgan fingerprint density at radius 3 is 2.68 bits per heavy atom. The minimum Gasteiger partial charge on any atom is -0.478 e. The quantitative estimate of drug-likeness (QED) is 0.849. The number of aromatic nitrogens is 1. The molecule has 0 fully saturated rings. The van der Waals surface area contributed by atoms with Crippen LogP contribution in [0.1, 0.15) is 49.0 Å². The molecule has 0 unspecified atom stereocenters. The van der Waals surface area contributed by atoms with Crippen LogP contribution in [0.15, 0.2) is 24.4 Å². The molecule has 3 nitrogen and oxygen atoms in total. The Bertz CT molecular complexity index is 584. The van der Waals surface area contributed by atoms with E-state index < -0.39 is 5.97 Å². The van der Waals surface area contributed by atoms with Gasteiger partial charge in [-0.05, 0) is 30.5 Å². The van der Waals surface area contributed by atoms with Crippen LogP contribution in [-0.2, 0) is 13.0 Å². The lowest BCUT2D eigenvalue weighted by Crippen LogP contribution is -1.99. The molecule has 0 aliphatic carbocycles. The van der Waals surface area contributed by atoms with Crippen LogP contribution in [0.4, 0.5) is 0 Å². The third-order valence-electron chi connectivity index (χ3n) is 3.49. The van der Waals surface area contributed by atoms with Crippen molar-refractivity contribution >= 4 is 16.9 Å². The molecule has 3 heteroatoms. The molecule has 0 spiro atoms. The van der Waals surface area contributed by atoms with E-state index in [2.05, 4.69) is 24.6 Å². The zero-order valence-corrected chi connectivity index (χ0v) is 11.6. The van der Waals surface area contributed by atoms with E-state index in [4.69, 9.17) is 0 Å². The van der Waals surface area contributed by atoms with Crippen molar-refractivity contribution < 1.29 is 9.90 Å². The number of unbranched alkanes of at least 4 members (excludes halogenated alkanes) is 1. The van der Waals surface area contributed by atoms with E-state index >= 15 is 0 Å². The van der Waals surface area contributed by atoms with Crippen LogP contribution in [0, 0.1) is 0 Å². The van der Waals surface area contributed by atoms with E-state index in [9.17, 15) is 9.90 Å². The summed E-state index contributed by atoms with van der Waals surface area (Å²) in [5, 5.41) is 10.3. The normalized spacial score (nSPS) is 11.1. The van der Waals surface area contributed by atoms with Crippen molar-refractivity contribution in [2.24, 2.45) is 0 Å². The standard InChI is InChI=1S/C16H21NO2/c1-3-5-10-17-11-12(7-4-2)15-13(16(18)19)8-6-9-14(15)17/h6,8-9,11H,3-5,7,10H2,1-2H3,(H,18,19). The number of carboxylic acids is 1. The number of benzene rings is 1. The summed E-state index contributed by atoms with van der Waals surface area (Å²) in [6, 6.07) is 5.56. The van der Waals surface area contributed by atoms with Crippen LogP contribution >= 0.6 is 0 Å². The van der Waals surface area contributed by atoms with Crippen molar-refractivity contribution in [3.05, 3.63) is 35.5 Å². The molecular weight excluding hydrogens is 238 g/mol. The average molecular weight is 259 g/mol. The maximum atomic E-state index is 11.4. The van der Waals surface area contributed by atoms with Crippen LogP contribution in [0.5, 0.6) is 0 Å². The molecule has 0 atom stereocenters. The predicted octanol–water partition coefficient (Wildman–Crippen LogP) is 4.09. The highest BCUT2D eigenvalue weighted by Crippen LogP contribution is 2.27. The van der Waals surface area contributed by atoms with Gasteiger partial charge in [-0.15, -0.1) is 0 Å². The van der Waals surface area contributed by atoms with Gasteiger partial charge in [-0.25, -0.2) is 4.79 Å². The van der Waals surface area contributed by atoms with E-state index in [-0.39, 0.29) is 0 Å². The molecule has 0 aliphatic rings. The summed E-state index contributed by atoms with van der Waals surface area (Å²) in [5.74, 6) is -0.837. The minimum absolute atomic E-state index is 0.427. The van der Waals surface area contributed by atoms with E-state index in [0.717, 1.165) is 48.7 Å². The Labute approximate surface area is 113 Å². The number of hydrogen-bond donors (Lipinski definition) is 1. The van der Waals surface area contributed by atoms with Crippen LogP contribution < -0.4 is 0 Å². The zero-order valence-electron chi connectivity index (χ0n) is 11.6. The third-order valence-corrected chi connectivity index (χ3v) is 3.49. The third kappa shape index (κ3) is 2.65. The molecule has 0 radical (unpaired) electrons. The molecule has 1 heterocycles. The van der Waals surface area contributed by atoms with Crippen LogP contribution in [-0.4, -0.2) is 15.6 Å². The van der Waals surface area contributed by atoms with Crippen molar-refractivity contribution in [2.75, 3.05) is 0 Å². The van der Waals surface area contributed by atoms with Gasteiger partial charge in [-0.1, -0.05) is 32.8 Å². The number of aryl methyl sites for hydroxylation is 2. The number of carboxylic acid groups (broad SMARTS) is 1. The number of rotatable bonds is 6. The van der Waals surface area contributed by atoms with Gasteiger partial charge in [-0.3, -0.25) is 0 Å². The fourth-order valence-electron chi connectivity index (χ4n) is 2.59. The zero-order chi connectivity index (χ0) is 13.8. The highest BCUT2D eigenvalue weighted by Gasteiger charge is 2.15. The molecule has 0 saturated heterocycles. The molecule has 19 heavy (non-hydrogen) atoms. The van der Waals surface area contributed by atoms with Gasteiger partial charge in [0.1, 0.15) is 0 Å². The number of aromatic carboxylic acids is 1. The van der Waals surface area contributed by atoms with Gasteiger partial charge >= 0.3 is 5.97 Å². The first-order valence-electron chi connectivity index (χ1n) is 7.03. The molecular formula is C16H21NO2. The van der Waals surface area contributed by atoms with E-state index in [1.165, 1.54) is 0 Å². The van der Waals surface area contributed by atoms with Gasteiger partial charge in [0.05, 0.1) is 5.56 Å². The summed E-state index contributed by atoms with van der Waals surface area (Å²) in [6.45, 7) is 5.25. The maximum absolute atomic E-state index is 11.4. The Kier molecular flexibility index (Phi) is 4.25. The Morgan fingerprint density at radius 2 is 2.05 bits per heavy atom. The van der Waals surface area contributed by atoms with E-state index in [1.54, 1.807) is 6.07 Å². The van der Waals surface area contributed by atoms with Gasteiger partial charge in [0.2, 0.25) is 0 Å². The molecule has 0 amide bonds. The molecule has 1 aromatic heterocycles. The Balaban J connectivity index is 2.60. The lowest BCUT2D eigenvalue weighted by atomic mass is 10.0. The number of nitrogens with zero attached hydrogens (tertiary/aromatic N) is 1. The maximum Gasteiger partial charge on any atom is 0.336 e. The lowest BCUT2D eigenvalue weighted by molar-refractivity contribution is 0.0699. The van der Waals surface area contributed by atoms with Crippen LogP contribution in [0.3, 0.4) is 0 Å². The van der Waals surface area contributed by atoms with Gasteiger partial charge in [0, 0.05) is 23.6 Å².